The molecule has 22 heavy (non-hydrogen) atoms. The summed E-state index contributed by atoms with van der Waals surface area (Å²) in [7, 11) is 3.84. The lowest BCUT2D eigenvalue weighted by Gasteiger charge is -2.35. The van der Waals surface area contributed by atoms with Crippen molar-refractivity contribution < 1.29 is 18.3 Å². The predicted octanol–water partition coefficient (Wildman–Crippen LogP) is 2.15. The van der Waals surface area contributed by atoms with Crippen LogP contribution in [-0.2, 0) is 4.74 Å². The molecule has 0 N–H and O–H groups in total. The van der Waals surface area contributed by atoms with Gasteiger partial charge < -0.3 is 14.5 Å². The van der Waals surface area contributed by atoms with Crippen LogP contribution in [-0.4, -0.2) is 62.1 Å². The lowest BCUT2D eigenvalue weighted by molar-refractivity contribution is 0.0273. The maximum Gasteiger partial charge on any atom is 0.257 e. The summed E-state index contributed by atoms with van der Waals surface area (Å²) in [6, 6.07) is 3.12. The van der Waals surface area contributed by atoms with Crippen LogP contribution >= 0.6 is 0 Å². The molecule has 1 amide bonds. The van der Waals surface area contributed by atoms with Crippen LogP contribution in [0.3, 0.4) is 0 Å². The summed E-state index contributed by atoms with van der Waals surface area (Å²) in [5, 5.41) is 0. The number of rotatable bonds is 5. The zero-order chi connectivity index (χ0) is 16.1. The molecule has 1 heterocycles. The molecule has 0 saturated carbocycles. The van der Waals surface area contributed by atoms with Gasteiger partial charge >= 0.3 is 0 Å². The van der Waals surface area contributed by atoms with Gasteiger partial charge in [-0.3, -0.25) is 4.79 Å². The maximum absolute atomic E-state index is 13.9. The Bertz CT molecular complexity index is 517. The fraction of sp³-hybridized carbons (Fsp3) is 0.562. The number of ether oxygens (including phenoxy) is 1. The first kappa shape index (κ1) is 16.8. The summed E-state index contributed by atoms with van der Waals surface area (Å²) in [5.74, 6) is -1.88. The lowest BCUT2D eigenvalue weighted by atomic mass is 10.0. The Morgan fingerprint density at radius 3 is 2.50 bits per heavy atom. The van der Waals surface area contributed by atoms with Crippen LogP contribution in [0.5, 0.6) is 0 Å². The van der Waals surface area contributed by atoms with Crippen molar-refractivity contribution in [1.82, 2.24) is 9.80 Å². The molecule has 4 nitrogen and oxygen atoms in total. The zero-order valence-electron chi connectivity index (χ0n) is 13.0. The maximum atomic E-state index is 13.9. The van der Waals surface area contributed by atoms with E-state index in [2.05, 4.69) is 0 Å². The van der Waals surface area contributed by atoms with E-state index in [1.54, 1.807) is 4.90 Å². The van der Waals surface area contributed by atoms with Gasteiger partial charge in [-0.15, -0.1) is 0 Å². The molecule has 0 radical (unpaired) electrons. The van der Waals surface area contributed by atoms with Crippen molar-refractivity contribution in [3.63, 3.8) is 0 Å². The van der Waals surface area contributed by atoms with E-state index < -0.39 is 11.6 Å². The number of benzene rings is 1. The summed E-state index contributed by atoms with van der Waals surface area (Å²) in [4.78, 5) is 16.4. The van der Waals surface area contributed by atoms with E-state index in [1.807, 2.05) is 19.0 Å². The number of carbonyl (C=O) groups excluding carboxylic acids is 1. The standard InChI is InChI=1S/C16H22F2N2O2/c1-19(2)7-8-20(13-5-9-22-10-6-13)16(21)14-4-3-12(17)11-15(14)18/h3-4,11,13H,5-10H2,1-2H3. The average molecular weight is 312 g/mol. The molecule has 1 aromatic carbocycles. The first-order valence-corrected chi connectivity index (χ1v) is 7.47. The fourth-order valence-corrected chi connectivity index (χ4v) is 2.57. The van der Waals surface area contributed by atoms with Gasteiger partial charge in [0.15, 0.2) is 0 Å². The molecule has 1 aliphatic rings. The molecule has 0 unspecified atom stereocenters. The normalized spacial score (nSPS) is 16.0. The van der Waals surface area contributed by atoms with E-state index in [4.69, 9.17) is 4.74 Å². The topological polar surface area (TPSA) is 32.8 Å². The van der Waals surface area contributed by atoms with Gasteiger partial charge in [0.05, 0.1) is 5.56 Å². The highest BCUT2D eigenvalue weighted by atomic mass is 19.1. The molecule has 0 aliphatic carbocycles. The van der Waals surface area contributed by atoms with Gasteiger partial charge in [-0.2, -0.15) is 0 Å². The number of carbonyl (C=O) groups is 1. The van der Waals surface area contributed by atoms with Gasteiger partial charge in [-0.1, -0.05) is 0 Å². The molecule has 0 spiro atoms. The SMILES string of the molecule is CN(C)CCN(C(=O)c1ccc(F)cc1F)C1CCOCC1. The Morgan fingerprint density at radius 1 is 1.23 bits per heavy atom. The average Bonchev–Trinajstić information content (AvgIpc) is 2.48. The molecule has 1 aromatic rings. The van der Waals surface area contributed by atoms with Gasteiger partial charge in [0.25, 0.3) is 5.91 Å². The van der Waals surface area contributed by atoms with Crippen molar-refractivity contribution in [3.05, 3.63) is 35.4 Å². The predicted molar refractivity (Wildman–Crippen MR) is 79.8 cm³/mol. The van der Waals surface area contributed by atoms with E-state index in [-0.39, 0.29) is 17.5 Å². The molecule has 2 rings (SSSR count). The van der Waals surface area contributed by atoms with E-state index in [0.29, 0.717) is 26.3 Å². The second-order valence-corrected chi connectivity index (χ2v) is 5.77. The van der Waals surface area contributed by atoms with Gasteiger partial charge in [0, 0.05) is 38.4 Å². The summed E-state index contributed by atoms with van der Waals surface area (Å²) >= 11 is 0. The van der Waals surface area contributed by atoms with Crippen LogP contribution in [0.1, 0.15) is 23.2 Å². The lowest BCUT2D eigenvalue weighted by Crippen LogP contribution is -2.46. The van der Waals surface area contributed by atoms with E-state index >= 15 is 0 Å². The smallest absolute Gasteiger partial charge is 0.257 e. The van der Waals surface area contributed by atoms with Crippen molar-refractivity contribution in [2.24, 2.45) is 0 Å². The monoisotopic (exact) mass is 312 g/mol. The Balaban J connectivity index is 2.20. The minimum absolute atomic E-state index is 0.0330. The van der Waals surface area contributed by atoms with Crippen LogP contribution in [0.2, 0.25) is 0 Å². The minimum Gasteiger partial charge on any atom is -0.381 e. The first-order valence-electron chi connectivity index (χ1n) is 7.47. The molecule has 122 valence electrons. The second kappa shape index (κ2) is 7.65. The van der Waals surface area contributed by atoms with Crippen LogP contribution < -0.4 is 0 Å². The van der Waals surface area contributed by atoms with Crippen LogP contribution in [0.25, 0.3) is 0 Å². The molecule has 1 saturated heterocycles. The van der Waals surface area contributed by atoms with Crippen molar-refractivity contribution in [1.29, 1.82) is 0 Å². The van der Waals surface area contributed by atoms with Crippen LogP contribution in [0, 0.1) is 11.6 Å². The summed E-state index contributed by atoms with van der Waals surface area (Å²) in [5.41, 5.74) is -0.0772. The van der Waals surface area contributed by atoms with Crippen LogP contribution in [0.15, 0.2) is 18.2 Å². The first-order chi connectivity index (χ1) is 10.5. The third kappa shape index (κ3) is 4.24. The third-order valence-electron chi connectivity index (χ3n) is 3.84. The highest BCUT2D eigenvalue weighted by molar-refractivity contribution is 5.94. The number of likely N-dealkylation sites (N-methyl/N-ethyl adjacent to an activating group) is 1. The quantitative estimate of drug-likeness (QED) is 0.835. The molecule has 0 atom stereocenters. The van der Waals surface area contributed by atoms with Crippen molar-refractivity contribution >= 4 is 5.91 Å². The molecule has 0 aromatic heterocycles. The van der Waals surface area contributed by atoms with Gasteiger partial charge in [-0.05, 0) is 39.1 Å². The number of hydrogen-bond acceptors (Lipinski definition) is 3. The molecular formula is C16H22F2N2O2. The van der Waals surface area contributed by atoms with Crippen LogP contribution in [0.4, 0.5) is 8.78 Å². The molecule has 1 aliphatic heterocycles. The molecule has 6 heteroatoms. The summed E-state index contributed by atoms with van der Waals surface area (Å²) in [6.07, 6.45) is 1.48. The van der Waals surface area contributed by atoms with E-state index in [0.717, 1.165) is 25.0 Å². The Morgan fingerprint density at radius 2 is 1.91 bits per heavy atom. The summed E-state index contributed by atoms with van der Waals surface area (Å²) < 4.78 is 32.3. The molecular weight excluding hydrogens is 290 g/mol. The highest BCUT2D eigenvalue weighted by Crippen LogP contribution is 2.19. The van der Waals surface area contributed by atoms with Gasteiger partial charge in [-0.25, -0.2) is 8.78 Å². The minimum atomic E-state index is -0.813. The second-order valence-electron chi connectivity index (χ2n) is 5.77. The zero-order valence-corrected chi connectivity index (χ0v) is 13.0. The number of nitrogens with zero attached hydrogens (tertiary/aromatic N) is 2. The van der Waals surface area contributed by atoms with Gasteiger partial charge in [0.1, 0.15) is 11.6 Å². The van der Waals surface area contributed by atoms with Crippen molar-refractivity contribution in [2.45, 2.75) is 18.9 Å². The molecule has 0 bridgehead atoms. The third-order valence-corrected chi connectivity index (χ3v) is 3.84. The number of hydrogen-bond donors (Lipinski definition) is 0. The molecule has 1 fully saturated rings. The van der Waals surface area contributed by atoms with E-state index in [9.17, 15) is 13.6 Å². The number of halogens is 2. The van der Waals surface area contributed by atoms with E-state index in [1.165, 1.54) is 6.07 Å². The Kier molecular flexibility index (Phi) is 5.85. The number of amides is 1. The highest BCUT2D eigenvalue weighted by Gasteiger charge is 2.28. The van der Waals surface area contributed by atoms with Crippen molar-refractivity contribution in [3.8, 4) is 0 Å². The fourth-order valence-electron chi connectivity index (χ4n) is 2.57. The Hall–Kier alpha value is -1.53. The Labute approximate surface area is 129 Å². The van der Waals surface area contributed by atoms with Crippen molar-refractivity contribution in [2.75, 3.05) is 40.4 Å². The largest absolute Gasteiger partial charge is 0.381 e. The summed E-state index contributed by atoms with van der Waals surface area (Å²) in [6.45, 7) is 2.39. The van der Waals surface area contributed by atoms with Gasteiger partial charge in [0.2, 0.25) is 0 Å².